The molecule has 2 aromatic heterocycles. The van der Waals surface area contributed by atoms with Crippen molar-refractivity contribution in [1.82, 2.24) is 9.88 Å². The maximum Gasteiger partial charge on any atom is 0.416 e. The molecule has 32 heavy (non-hydrogen) atoms. The second kappa shape index (κ2) is 8.99. The minimum Gasteiger partial charge on any atom is -0.497 e. The van der Waals surface area contributed by atoms with E-state index in [-0.39, 0.29) is 12.5 Å². The first-order valence-electron chi connectivity index (χ1n) is 9.60. The zero-order valence-corrected chi connectivity index (χ0v) is 19.3. The van der Waals surface area contributed by atoms with E-state index in [2.05, 4.69) is 21.2 Å². The first-order chi connectivity index (χ1) is 15.2. The van der Waals surface area contributed by atoms with Gasteiger partial charge in [0, 0.05) is 13.1 Å². The van der Waals surface area contributed by atoms with Gasteiger partial charge >= 0.3 is 6.18 Å². The van der Waals surface area contributed by atoms with Gasteiger partial charge in [0.05, 0.1) is 26.7 Å². The summed E-state index contributed by atoms with van der Waals surface area (Å²) in [7, 11) is 1.60. The van der Waals surface area contributed by atoms with Crippen LogP contribution in [-0.2, 0) is 19.3 Å². The Morgan fingerprint density at radius 3 is 2.53 bits per heavy atom. The molecule has 166 valence electrons. The van der Waals surface area contributed by atoms with E-state index < -0.39 is 11.7 Å². The van der Waals surface area contributed by atoms with Crippen LogP contribution in [0.15, 0.2) is 64.5 Å². The topological polar surface area (TPSA) is 43.3 Å². The van der Waals surface area contributed by atoms with Crippen LogP contribution in [0, 0.1) is 0 Å². The largest absolute Gasteiger partial charge is 0.497 e. The summed E-state index contributed by atoms with van der Waals surface area (Å²) in [5.41, 5.74) is 1.98. The molecule has 0 aliphatic rings. The van der Waals surface area contributed by atoms with Crippen molar-refractivity contribution < 1.29 is 22.7 Å². The molecule has 0 bridgehead atoms. The number of amides is 1. The number of fused-ring (bicyclic) bond motifs is 1. The number of nitrogens with zero attached hydrogens (tertiary/aromatic N) is 1. The van der Waals surface area contributed by atoms with Crippen LogP contribution in [0.1, 0.15) is 27.2 Å². The number of thiophene rings is 1. The molecule has 0 saturated heterocycles. The first kappa shape index (κ1) is 22.4. The summed E-state index contributed by atoms with van der Waals surface area (Å²) in [5, 5.41) is 2.75. The Labute approximate surface area is 194 Å². The lowest BCUT2D eigenvalue weighted by Crippen LogP contribution is -2.25. The van der Waals surface area contributed by atoms with Gasteiger partial charge in [0.15, 0.2) is 0 Å². The van der Waals surface area contributed by atoms with E-state index in [0.29, 0.717) is 17.8 Å². The lowest BCUT2D eigenvalue weighted by atomic mass is 10.1. The molecule has 0 atom stereocenters. The molecule has 4 nitrogen and oxygen atoms in total. The number of aromatic nitrogens is 1. The zero-order valence-electron chi connectivity index (χ0n) is 16.9. The Morgan fingerprint density at radius 1 is 1.09 bits per heavy atom. The summed E-state index contributed by atoms with van der Waals surface area (Å²) in [6.07, 6.45) is -4.43. The van der Waals surface area contributed by atoms with Crippen LogP contribution < -0.4 is 10.1 Å². The van der Waals surface area contributed by atoms with Crippen LogP contribution in [0.5, 0.6) is 5.75 Å². The normalized spacial score (nSPS) is 11.7. The third-order valence-corrected chi connectivity index (χ3v) is 6.57. The van der Waals surface area contributed by atoms with Crippen LogP contribution in [-0.4, -0.2) is 17.6 Å². The number of hydrogen-bond acceptors (Lipinski definition) is 3. The van der Waals surface area contributed by atoms with Crippen molar-refractivity contribution in [1.29, 1.82) is 0 Å². The number of methoxy groups -OCH3 is 1. The molecule has 9 heteroatoms. The van der Waals surface area contributed by atoms with Gasteiger partial charge in [-0.15, -0.1) is 11.3 Å². The Balaban J connectivity index is 1.58. The highest BCUT2D eigenvalue weighted by molar-refractivity contribution is 9.11. The van der Waals surface area contributed by atoms with Gasteiger partial charge in [0.2, 0.25) is 0 Å². The van der Waals surface area contributed by atoms with Crippen LogP contribution in [0.3, 0.4) is 0 Å². The number of halogens is 4. The number of nitrogens with one attached hydrogen (secondary N) is 1. The molecule has 0 spiro atoms. The maximum atomic E-state index is 13.0. The number of benzene rings is 2. The molecular weight excluding hydrogens is 505 g/mol. The average Bonchev–Trinajstić information content (AvgIpc) is 3.29. The van der Waals surface area contributed by atoms with Crippen molar-refractivity contribution in [3.8, 4) is 5.75 Å². The second-order valence-corrected chi connectivity index (χ2v) is 9.61. The molecule has 2 aromatic carbocycles. The summed E-state index contributed by atoms with van der Waals surface area (Å²) in [6, 6.07) is 16.3. The van der Waals surface area contributed by atoms with E-state index >= 15 is 0 Å². The minimum absolute atomic E-state index is 0.00614. The number of carbonyl (C=O) groups excluding carboxylic acids is 1. The van der Waals surface area contributed by atoms with E-state index in [9.17, 15) is 18.0 Å². The van der Waals surface area contributed by atoms with Crippen LogP contribution in [0.2, 0.25) is 0 Å². The van der Waals surface area contributed by atoms with Crippen molar-refractivity contribution in [2.75, 3.05) is 7.11 Å². The quantitative estimate of drug-likeness (QED) is 0.315. The molecule has 0 fully saturated rings. The van der Waals surface area contributed by atoms with E-state index in [1.165, 1.54) is 17.4 Å². The smallest absolute Gasteiger partial charge is 0.416 e. The fourth-order valence-electron chi connectivity index (χ4n) is 3.41. The van der Waals surface area contributed by atoms with E-state index in [4.69, 9.17) is 4.74 Å². The molecule has 4 aromatic rings. The summed E-state index contributed by atoms with van der Waals surface area (Å²) in [6.45, 7) is 0.455. The summed E-state index contributed by atoms with van der Waals surface area (Å²) in [5.74, 6) is 0.388. The molecule has 0 aliphatic heterocycles. The van der Waals surface area contributed by atoms with Crippen molar-refractivity contribution in [2.45, 2.75) is 19.3 Å². The highest BCUT2D eigenvalue weighted by atomic mass is 79.9. The van der Waals surface area contributed by atoms with Gasteiger partial charge in [-0.05, 0) is 63.5 Å². The molecule has 0 aliphatic carbocycles. The Hall–Kier alpha value is -2.78. The summed E-state index contributed by atoms with van der Waals surface area (Å²) < 4.78 is 47.8. The van der Waals surface area contributed by atoms with Gasteiger partial charge in [0.25, 0.3) is 5.91 Å². The molecule has 0 saturated carbocycles. The van der Waals surface area contributed by atoms with Gasteiger partial charge in [-0.25, -0.2) is 0 Å². The van der Waals surface area contributed by atoms with Gasteiger partial charge in [0.1, 0.15) is 11.4 Å². The van der Waals surface area contributed by atoms with Crippen LogP contribution in [0.4, 0.5) is 13.2 Å². The van der Waals surface area contributed by atoms with Gasteiger partial charge in [-0.2, -0.15) is 13.2 Å². The fraction of sp³-hybridized carbons (Fsp3) is 0.174. The number of hydrogen-bond donors (Lipinski definition) is 1. The van der Waals surface area contributed by atoms with E-state index in [0.717, 1.165) is 37.4 Å². The highest BCUT2D eigenvalue weighted by Gasteiger charge is 2.30. The van der Waals surface area contributed by atoms with Gasteiger partial charge < -0.3 is 14.6 Å². The van der Waals surface area contributed by atoms with Crippen molar-refractivity contribution in [3.05, 3.63) is 86.8 Å². The monoisotopic (exact) mass is 522 g/mol. The lowest BCUT2D eigenvalue weighted by molar-refractivity contribution is -0.137. The molecule has 1 amide bonds. The lowest BCUT2D eigenvalue weighted by Gasteiger charge is -2.12. The first-order valence-corrected chi connectivity index (χ1v) is 11.2. The van der Waals surface area contributed by atoms with Gasteiger partial charge in [-0.3, -0.25) is 4.79 Å². The number of alkyl halides is 3. The van der Waals surface area contributed by atoms with E-state index in [1.807, 2.05) is 34.9 Å². The second-order valence-electron chi connectivity index (χ2n) is 7.14. The fourth-order valence-corrected chi connectivity index (χ4v) is 4.98. The predicted octanol–water partition coefficient (Wildman–Crippen LogP) is 6.47. The number of carbonyl (C=O) groups is 1. The maximum absolute atomic E-state index is 13.0. The Kier molecular flexibility index (Phi) is 6.30. The molecular formula is C23H18BrF3N2O2S. The standard InChI is InChI=1S/C23H18BrF3N2O2S/c1-31-17-7-5-14(6-8-17)13-29-18-11-21(24)32-20(18)10-19(29)22(30)28-12-15-3-2-4-16(9-15)23(25,26)27/h2-11H,12-13H2,1H3,(H,28,30). The third kappa shape index (κ3) is 4.83. The SMILES string of the molecule is COc1ccc(Cn2c(C(=O)NCc3cccc(C(F)(F)F)c3)cc3sc(Br)cc32)cc1. The van der Waals surface area contributed by atoms with Crippen molar-refractivity contribution in [3.63, 3.8) is 0 Å². The molecule has 2 heterocycles. The Bertz CT molecular complexity index is 1260. The predicted molar refractivity (Wildman–Crippen MR) is 122 cm³/mol. The van der Waals surface area contributed by atoms with Gasteiger partial charge in [-0.1, -0.05) is 24.3 Å². The van der Waals surface area contributed by atoms with Crippen LogP contribution in [0.25, 0.3) is 10.2 Å². The number of rotatable bonds is 6. The average molecular weight is 523 g/mol. The zero-order chi connectivity index (χ0) is 22.9. The van der Waals surface area contributed by atoms with E-state index in [1.54, 1.807) is 19.2 Å². The number of ether oxygens (including phenoxy) is 1. The third-order valence-electron chi connectivity index (χ3n) is 5.00. The summed E-state index contributed by atoms with van der Waals surface area (Å²) >= 11 is 5.00. The molecule has 4 rings (SSSR count). The summed E-state index contributed by atoms with van der Waals surface area (Å²) in [4.78, 5) is 13.0. The molecule has 1 N–H and O–H groups in total. The minimum atomic E-state index is -4.43. The highest BCUT2D eigenvalue weighted by Crippen LogP contribution is 2.33. The van der Waals surface area contributed by atoms with Crippen molar-refractivity contribution in [2.24, 2.45) is 0 Å². The Morgan fingerprint density at radius 2 is 1.84 bits per heavy atom. The molecule has 0 unspecified atom stereocenters. The molecule has 0 radical (unpaired) electrons. The van der Waals surface area contributed by atoms with Crippen LogP contribution >= 0.6 is 27.3 Å². The van der Waals surface area contributed by atoms with Crippen molar-refractivity contribution >= 4 is 43.4 Å².